The second-order valence-electron chi connectivity index (χ2n) is 14.2. The Morgan fingerprint density at radius 2 is 1.46 bits per heavy atom. The van der Waals surface area contributed by atoms with E-state index in [1.54, 1.807) is 49.9 Å². The largest absolute Gasteiger partial charge is 0.378 e. The first-order valence-corrected chi connectivity index (χ1v) is 16.3. The van der Waals surface area contributed by atoms with Crippen LogP contribution in [0.3, 0.4) is 0 Å². The predicted molar refractivity (Wildman–Crippen MR) is 182 cm³/mol. The number of thiol groups is 1. The minimum atomic E-state index is -1.59. The van der Waals surface area contributed by atoms with E-state index in [0.29, 0.717) is 37.4 Å². The molecule has 266 valence electrons. The fourth-order valence-electron chi connectivity index (χ4n) is 4.60. The molecule has 0 radical (unpaired) electrons. The number of benzene rings is 1. The summed E-state index contributed by atoms with van der Waals surface area (Å²) in [6.45, 7) is 12.8. The molecular formula is C33H50N6O8S. The summed E-state index contributed by atoms with van der Waals surface area (Å²) in [5.74, 6) is -4.69. The molecular weight excluding hydrogens is 640 g/mol. The average molecular weight is 691 g/mol. The average Bonchev–Trinajstić information content (AvgIpc) is 3.00. The number of hydrogen-bond acceptors (Lipinski definition) is 9. The van der Waals surface area contributed by atoms with Crippen molar-refractivity contribution in [1.82, 2.24) is 31.1 Å². The molecule has 14 nitrogen and oxygen atoms in total. The summed E-state index contributed by atoms with van der Waals surface area (Å²) in [5, 5.41) is 8.45. The first-order chi connectivity index (χ1) is 22.2. The lowest BCUT2D eigenvalue weighted by Crippen LogP contribution is -2.59. The van der Waals surface area contributed by atoms with Gasteiger partial charge in [0, 0.05) is 45.7 Å². The fourth-order valence-corrected chi connectivity index (χ4v) is 4.84. The maximum Gasteiger partial charge on any atom is 0.290 e. The third kappa shape index (κ3) is 12.9. The van der Waals surface area contributed by atoms with Crippen LogP contribution < -0.4 is 21.3 Å². The topological polar surface area (TPSA) is 183 Å². The van der Waals surface area contributed by atoms with Gasteiger partial charge in [-0.15, -0.1) is 12.6 Å². The third-order valence-electron chi connectivity index (χ3n) is 7.34. The second kappa shape index (κ2) is 17.4. The summed E-state index contributed by atoms with van der Waals surface area (Å²) < 4.78 is 5.28. The maximum absolute atomic E-state index is 13.4. The molecule has 1 aliphatic heterocycles. The molecule has 4 N–H and O–H groups in total. The maximum atomic E-state index is 13.4. The quantitative estimate of drug-likeness (QED) is 0.114. The summed E-state index contributed by atoms with van der Waals surface area (Å²) in [5.41, 5.74) is 0.0141. The standard InChI is InChI=1S/C33H50N6O8S/c1-32(2,3)18-23(40)36-26(33(4,5)6)29(45)35-22(17-24(41)38(7)8)27(43)37-30(48)25(42)28(44)34-19-20-9-11-21(12-10-20)31(46)39-13-15-47-16-14-39/h9-12,22,26,30,48H,13-19H2,1-8H3,(H,34,44)(H,35,45)(H,36,40)(H,37,43)/t22-,26?,30?/m0/s1. The van der Waals surface area contributed by atoms with E-state index < -0.39 is 58.7 Å². The summed E-state index contributed by atoms with van der Waals surface area (Å²) in [6, 6.07) is 4.08. The van der Waals surface area contributed by atoms with E-state index in [9.17, 15) is 33.6 Å². The number of ether oxygens (including phenoxy) is 1. The molecule has 2 rings (SSSR count). The van der Waals surface area contributed by atoms with Crippen molar-refractivity contribution in [2.75, 3.05) is 40.4 Å². The van der Waals surface area contributed by atoms with Crippen LogP contribution in [0.5, 0.6) is 0 Å². The van der Waals surface area contributed by atoms with Gasteiger partial charge in [0.25, 0.3) is 17.6 Å². The van der Waals surface area contributed by atoms with Crippen molar-refractivity contribution in [3.05, 3.63) is 35.4 Å². The Bertz CT molecular complexity index is 1350. The van der Waals surface area contributed by atoms with Crippen LogP contribution in [0.2, 0.25) is 0 Å². The summed E-state index contributed by atoms with van der Waals surface area (Å²) in [6.07, 6.45) is -0.302. The smallest absolute Gasteiger partial charge is 0.290 e. The number of rotatable bonds is 13. The SMILES string of the molecule is CN(C)C(=O)C[C@H](NC(=O)C(NC(=O)CC(C)(C)C)C(C)(C)C)C(=O)NC(S)C(=O)C(=O)NCc1ccc(C(=O)N2CCOCC2)cc1. The molecule has 1 saturated heterocycles. The minimum absolute atomic E-state index is 0.0316. The van der Waals surface area contributed by atoms with Gasteiger partial charge in [0.1, 0.15) is 17.5 Å². The van der Waals surface area contributed by atoms with E-state index in [0.717, 1.165) is 0 Å². The lowest BCUT2D eigenvalue weighted by molar-refractivity contribution is -0.140. The van der Waals surface area contributed by atoms with E-state index in [4.69, 9.17) is 4.74 Å². The normalized spacial score (nSPS) is 15.3. The molecule has 1 fully saturated rings. The minimum Gasteiger partial charge on any atom is -0.378 e. The number of nitrogens with zero attached hydrogens (tertiary/aromatic N) is 2. The van der Waals surface area contributed by atoms with E-state index in [2.05, 4.69) is 33.9 Å². The van der Waals surface area contributed by atoms with E-state index in [1.807, 2.05) is 20.8 Å². The van der Waals surface area contributed by atoms with Gasteiger partial charge in [-0.3, -0.25) is 33.6 Å². The Labute approximate surface area is 287 Å². The molecule has 15 heteroatoms. The Morgan fingerprint density at radius 1 is 0.875 bits per heavy atom. The number of amides is 6. The number of hydrogen-bond donors (Lipinski definition) is 5. The molecule has 2 unspecified atom stereocenters. The van der Waals surface area contributed by atoms with Crippen LogP contribution in [0.1, 0.15) is 70.3 Å². The van der Waals surface area contributed by atoms with Gasteiger partial charge in [0.15, 0.2) is 0 Å². The number of nitrogens with one attached hydrogen (secondary N) is 4. The zero-order valence-electron chi connectivity index (χ0n) is 29.1. The zero-order valence-corrected chi connectivity index (χ0v) is 30.0. The van der Waals surface area contributed by atoms with Crippen molar-refractivity contribution < 1.29 is 38.3 Å². The van der Waals surface area contributed by atoms with Gasteiger partial charge in [0.2, 0.25) is 23.6 Å². The van der Waals surface area contributed by atoms with Crippen LogP contribution in [0, 0.1) is 10.8 Å². The highest BCUT2D eigenvalue weighted by Crippen LogP contribution is 2.23. The fraction of sp³-hybridized carbons (Fsp3) is 0.606. The van der Waals surface area contributed by atoms with Crippen LogP contribution in [0.4, 0.5) is 0 Å². The molecule has 1 aliphatic rings. The molecule has 1 aromatic rings. The molecule has 0 aromatic heterocycles. The number of ketones is 1. The van der Waals surface area contributed by atoms with Gasteiger partial charge in [-0.1, -0.05) is 53.7 Å². The molecule has 1 heterocycles. The predicted octanol–water partition coefficient (Wildman–Crippen LogP) is 0.647. The van der Waals surface area contributed by atoms with Gasteiger partial charge in [-0.05, 0) is 28.5 Å². The second-order valence-corrected chi connectivity index (χ2v) is 14.7. The zero-order chi connectivity index (χ0) is 36.4. The van der Waals surface area contributed by atoms with E-state index in [1.165, 1.54) is 19.0 Å². The lowest BCUT2D eigenvalue weighted by Gasteiger charge is -2.32. The number of carbonyl (C=O) groups excluding carboxylic acids is 7. The Morgan fingerprint density at radius 3 is 1.98 bits per heavy atom. The van der Waals surface area contributed by atoms with Gasteiger partial charge in [0.05, 0.1) is 19.6 Å². The lowest BCUT2D eigenvalue weighted by atomic mass is 9.85. The van der Waals surface area contributed by atoms with Gasteiger partial charge < -0.3 is 35.8 Å². The van der Waals surface area contributed by atoms with E-state index in [-0.39, 0.29) is 30.2 Å². The Kier molecular flexibility index (Phi) is 14.6. The van der Waals surface area contributed by atoms with Crippen molar-refractivity contribution in [1.29, 1.82) is 0 Å². The first kappa shape index (κ1) is 40.2. The number of morpholine rings is 1. The molecule has 0 bridgehead atoms. The van der Waals surface area contributed by atoms with Crippen LogP contribution in [-0.2, 0) is 40.0 Å². The van der Waals surface area contributed by atoms with Gasteiger partial charge >= 0.3 is 0 Å². The highest BCUT2D eigenvalue weighted by molar-refractivity contribution is 7.82. The number of carbonyl (C=O) groups is 7. The number of Topliss-reactive ketones (excluding diaryl/α,β-unsaturated/α-hetero) is 1. The molecule has 1 aromatic carbocycles. The van der Waals surface area contributed by atoms with Crippen LogP contribution in [0.15, 0.2) is 24.3 Å². The van der Waals surface area contributed by atoms with Crippen molar-refractivity contribution in [2.45, 2.75) is 78.4 Å². The summed E-state index contributed by atoms with van der Waals surface area (Å²) in [7, 11) is 2.96. The third-order valence-corrected chi connectivity index (χ3v) is 7.70. The van der Waals surface area contributed by atoms with Crippen molar-refractivity contribution >= 4 is 53.9 Å². The van der Waals surface area contributed by atoms with Crippen LogP contribution in [0.25, 0.3) is 0 Å². The highest BCUT2D eigenvalue weighted by atomic mass is 32.1. The van der Waals surface area contributed by atoms with Crippen LogP contribution >= 0.6 is 12.6 Å². The molecule has 48 heavy (non-hydrogen) atoms. The van der Waals surface area contributed by atoms with Crippen molar-refractivity contribution in [3.63, 3.8) is 0 Å². The molecule has 0 spiro atoms. The van der Waals surface area contributed by atoms with Crippen LogP contribution in [-0.4, -0.2) is 109 Å². The Hall–Kier alpha value is -3.98. The summed E-state index contributed by atoms with van der Waals surface area (Å²) in [4.78, 5) is 93.0. The molecule has 6 amide bonds. The molecule has 0 aliphatic carbocycles. The summed E-state index contributed by atoms with van der Waals surface area (Å²) >= 11 is 4.10. The first-order valence-electron chi connectivity index (χ1n) is 15.8. The molecule has 3 atom stereocenters. The monoisotopic (exact) mass is 690 g/mol. The van der Waals surface area contributed by atoms with Gasteiger partial charge in [-0.2, -0.15) is 0 Å². The van der Waals surface area contributed by atoms with Gasteiger partial charge in [-0.25, -0.2) is 0 Å². The van der Waals surface area contributed by atoms with E-state index >= 15 is 0 Å². The van der Waals surface area contributed by atoms with Crippen molar-refractivity contribution in [3.8, 4) is 0 Å². The molecule has 0 saturated carbocycles. The highest BCUT2D eigenvalue weighted by Gasteiger charge is 2.37. The van der Waals surface area contributed by atoms with Crippen molar-refractivity contribution in [2.24, 2.45) is 10.8 Å². The Balaban J connectivity index is 2.05.